The average molecular weight is 370 g/mol. The molecular weight excluding hydrogens is 348 g/mol. The van der Waals surface area contributed by atoms with Crippen molar-refractivity contribution in [2.45, 2.75) is 12.0 Å². The second-order valence-electron chi connectivity index (χ2n) is 6.84. The molecule has 0 fully saturated rings. The standard InChI is InChI=1S/C24H22N2O2/c27-23(28)16-22-17-26(18-25-22)24(19-10-4-1-5-11-19,20-12-6-2-7-13-20)21-14-8-3-9-15-21/h1-15,17,25H,16,18H2,(H,27,28). The Labute approximate surface area is 164 Å². The van der Waals surface area contributed by atoms with Crippen LogP contribution in [0.25, 0.3) is 0 Å². The SMILES string of the molecule is O=C(O)CC1=CN(C(c2ccccc2)(c2ccccc2)c2ccccc2)CN1. The fraction of sp³-hybridized carbons (Fsp3) is 0.125. The van der Waals surface area contributed by atoms with Crippen LogP contribution in [0, 0.1) is 0 Å². The van der Waals surface area contributed by atoms with Crippen LogP contribution in [0.4, 0.5) is 0 Å². The zero-order chi connectivity index (χ0) is 19.4. The Morgan fingerprint density at radius 1 is 0.821 bits per heavy atom. The van der Waals surface area contributed by atoms with Crippen LogP contribution in [-0.2, 0) is 10.3 Å². The number of rotatable bonds is 6. The van der Waals surface area contributed by atoms with E-state index in [0.717, 1.165) is 16.7 Å². The maximum absolute atomic E-state index is 11.2. The van der Waals surface area contributed by atoms with Gasteiger partial charge >= 0.3 is 5.97 Å². The van der Waals surface area contributed by atoms with E-state index < -0.39 is 11.5 Å². The van der Waals surface area contributed by atoms with Gasteiger partial charge in [-0.1, -0.05) is 91.0 Å². The second kappa shape index (κ2) is 7.61. The van der Waals surface area contributed by atoms with E-state index in [-0.39, 0.29) is 6.42 Å². The molecule has 140 valence electrons. The molecule has 4 rings (SSSR count). The molecule has 0 unspecified atom stereocenters. The molecule has 0 atom stereocenters. The van der Waals surface area contributed by atoms with Crippen molar-refractivity contribution in [3.63, 3.8) is 0 Å². The average Bonchev–Trinajstić information content (AvgIpc) is 3.19. The van der Waals surface area contributed by atoms with E-state index >= 15 is 0 Å². The molecule has 0 radical (unpaired) electrons. The molecule has 0 spiro atoms. The number of hydrogen-bond acceptors (Lipinski definition) is 3. The molecule has 0 aliphatic carbocycles. The van der Waals surface area contributed by atoms with E-state index in [4.69, 9.17) is 0 Å². The summed E-state index contributed by atoms with van der Waals surface area (Å²) in [6.45, 7) is 0.529. The summed E-state index contributed by atoms with van der Waals surface area (Å²) in [7, 11) is 0. The van der Waals surface area contributed by atoms with Gasteiger partial charge in [0.1, 0.15) is 5.54 Å². The van der Waals surface area contributed by atoms with Crippen LogP contribution in [0.3, 0.4) is 0 Å². The molecule has 0 saturated heterocycles. The zero-order valence-corrected chi connectivity index (χ0v) is 15.5. The van der Waals surface area contributed by atoms with Crippen LogP contribution in [0.2, 0.25) is 0 Å². The monoisotopic (exact) mass is 370 g/mol. The maximum Gasteiger partial charge on any atom is 0.309 e. The topological polar surface area (TPSA) is 52.6 Å². The van der Waals surface area contributed by atoms with E-state index in [1.54, 1.807) is 0 Å². The van der Waals surface area contributed by atoms with Crippen molar-refractivity contribution >= 4 is 5.97 Å². The Balaban J connectivity index is 1.97. The van der Waals surface area contributed by atoms with Crippen molar-refractivity contribution in [1.82, 2.24) is 10.2 Å². The van der Waals surface area contributed by atoms with Gasteiger partial charge in [0.15, 0.2) is 0 Å². The molecule has 2 N–H and O–H groups in total. The van der Waals surface area contributed by atoms with Crippen molar-refractivity contribution in [3.05, 3.63) is 120 Å². The first kappa shape index (κ1) is 17.9. The smallest absolute Gasteiger partial charge is 0.309 e. The van der Waals surface area contributed by atoms with Gasteiger partial charge in [-0.05, 0) is 16.7 Å². The minimum atomic E-state index is -0.842. The van der Waals surface area contributed by atoms with Crippen LogP contribution >= 0.6 is 0 Å². The summed E-state index contributed by atoms with van der Waals surface area (Å²) in [6.07, 6.45) is 1.92. The third kappa shape index (κ3) is 3.14. The normalized spacial score (nSPS) is 13.7. The van der Waals surface area contributed by atoms with Gasteiger partial charge in [-0.15, -0.1) is 0 Å². The lowest BCUT2D eigenvalue weighted by Crippen LogP contribution is -2.45. The number of aliphatic carboxylic acids is 1. The zero-order valence-electron chi connectivity index (χ0n) is 15.5. The fourth-order valence-corrected chi connectivity index (χ4v) is 3.99. The van der Waals surface area contributed by atoms with Gasteiger partial charge in [0.2, 0.25) is 0 Å². The maximum atomic E-state index is 11.2. The molecule has 0 bridgehead atoms. The Morgan fingerprint density at radius 3 is 1.64 bits per heavy atom. The second-order valence-corrected chi connectivity index (χ2v) is 6.84. The summed E-state index contributed by atoms with van der Waals surface area (Å²) < 4.78 is 0. The fourth-order valence-electron chi connectivity index (χ4n) is 3.99. The lowest BCUT2D eigenvalue weighted by atomic mass is 9.76. The number of carboxylic acid groups (broad SMARTS) is 1. The van der Waals surface area contributed by atoms with Crippen LogP contribution in [-0.4, -0.2) is 22.6 Å². The van der Waals surface area contributed by atoms with Crippen LogP contribution in [0.15, 0.2) is 103 Å². The molecule has 28 heavy (non-hydrogen) atoms. The van der Waals surface area contributed by atoms with Crippen molar-refractivity contribution in [2.75, 3.05) is 6.67 Å². The summed E-state index contributed by atoms with van der Waals surface area (Å²) in [5.41, 5.74) is 3.52. The summed E-state index contributed by atoms with van der Waals surface area (Å²) in [5, 5.41) is 12.5. The van der Waals surface area contributed by atoms with E-state index in [9.17, 15) is 9.90 Å². The highest BCUT2D eigenvalue weighted by atomic mass is 16.4. The van der Waals surface area contributed by atoms with Gasteiger partial charge in [-0.25, -0.2) is 0 Å². The largest absolute Gasteiger partial charge is 0.481 e. The molecule has 4 nitrogen and oxygen atoms in total. The van der Waals surface area contributed by atoms with Gasteiger partial charge in [0, 0.05) is 11.9 Å². The molecule has 3 aromatic carbocycles. The molecule has 0 aromatic heterocycles. The quantitative estimate of drug-likeness (QED) is 0.640. The summed E-state index contributed by atoms with van der Waals surface area (Å²) >= 11 is 0. The van der Waals surface area contributed by atoms with Crippen LogP contribution in [0.5, 0.6) is 0 Å². The van der Waals surface area contributed by atoms with E-state index in [0.29, 0.717) is 12.4 Å². The lowest BCUT2D eigenvalue weighted by Gasteiger charge is -2.43. The third-order valence-corrected chi connectivity index (χ3v) is 5.14. The van der Waals surface area contributed by atoms with Crippen molar-refractivity contribution in [3.8, 4) is 0 Å². The number of carbonyl (C=O) groups is 1. The molecule has 1 heterocycles. The molecule has 3 aromatic rings. The van der Waals surface area contributed by atoms with Gasteiger partial charge < -0.3 is 15.3 Å². The predicted molar refractivity (Wildman–Crippen MR) is 109 cm³/mol. The number of hydrogen-bond donors (Lipinski definition) is 2. The van der Waals surface area contributed by atoms with Gasteiger partial charge in [0.25, 0.3) is 0 Å². The van der Waals surface area contributed by atoms with Crippen molar-refractivity contribution in [2.24, 2.45) is 0 Å². The minimum absolute atomic E-state index is 0.0229. The molecule has 1 aliphatic heterocycles. The number of nitrogens with one attached hydrogen (secondary N) is 1. The predicted octanol–water partition coefficient (Wildman–Crippen LogP) is 4.16. The van der Waals surface area contributed by atoms with Crippen LogP contribution < -0.4 is 5.32 Å². The van der Waals surface area contributed by atoms with Gasteiger partial charge in [-0.3, -0.25) is 4.79 Å². The van der Waals surface area contributed by atoms with Crippen molar-refractivity contribution in [1.29, 1.82) is 0 Å². The molecule has 1 aliphatic rings. The number of carboxylic acids is 1. The summed E-state index contributed by atoms with van der Waals surface area (Å²) in [4.78, 5) is 13.4. The van der Waals surface area contributed by atoms with Gasteiger partial charge in [-0.2, -0.15) is 0 Å². The minimum Gasteiger partial charge on any atom is -0.481 e. The molecular formula is C24H22N2O2. The Kier molecular flexibility index (Phi) is 4.85. The van der Waals surface area contributed by atoms with Crippen molar-refractivity contribution < 1.29 is 9.90 Å². The first-order valence-corrected chi connectivity index (χ1v) is 9.31. The van der Waals surface area contributed by atoms with Crippen LogP contribution in [0.1, 0.15) is 23.1 Å². The Morgan fingerprint density at radius 2 is 1.25 bits per heavy atom. The molecule has 4 heteroatoms. The number of benzene rings is 3. The molecule has 0 saturated carbocycles. The van der Waals surface area contributed by atoms with E-state index in [1.807, 2.05) is 60.8 Å². The summed E-state index contributed by atoms with van der Waals surface area (Å²) in [5.74, 6) is -0.842. The number of nitrogens with zero attached hydrogens (tertiary/aromatic N) is 1. The van der Waals surface area contributed by atoms with E-state index in [1.165, 1.54) is 0 Å². The Hall–Kier alpha value is -3.53. The highest BCUT2D eigenvalue weighted by Gasteiger charge is 2.42. The highest BCUT2D eigenvalue weighted by Crippen LogP contribution is 2.43. The summed E-state index contributed by atoms with van der Waals surface area (Å²) in [6, 6.07) is 31.1. The first-order valence-electron chi connectivity index (χ1n) is 9.31. The Bertz CT molecular complexity index is 873. The lowest BCUT2D eigenvalue weighted by molar-refractivity contribution is -0.136. The highest BCUT2D eigenvalue weighted by molar-refractivity contribution is 5.70. The molecule has 0 amide bonds. The first-order chi connectivity index (χ1) is 13.7. The third-order valence-electron chi connectivity index (χ3n) is 5.14. The van der Waals surface area contributed by atoms with E-state index in [2.05, 4.69) is 46.6 Å². The van der Waals surface area contributed by atoms with Gasteiger partial charge in [0.05, 0.1) is 13.1 Å².